The fraction of sp³-hybridized carbons (Fsp3) is 0.222. The van der Waals surface area contributed by atoms with Crippen molar-refractivity contribution in [2.75, 3.05) is 13.7 Å². The first kappa shape index (κ1) is 13.5. The molecule has 1 N–H and O–H groups in total. The number of aromatic nitrogens is 1. The molecule has 1 aromatic rings. The van der Waals surface area contributed by atoms with Gasteiger partial charge in [0.15, 0.2) is 0 Å². The number of nitrogens with zero attached hydrogens (tertiary/aromatic N) is 2. The number of hydrogen-bond donors (Lipinski definition) is 1. The molecule has 0 aromatic carbocycles. The van der Waals surface area contributed by atoms with Crippen LogP contribution in [0.1, 0.15) is 0 Å². The van der Waals surface area contributed by atoms with Crippen LogP contribution in [0.2, 0.25) is 10.3 Å². The summed E-state index contributed by atoms with van der Waals surface area (Å²) in [5.74, 6) is 0.168. The zero-order chi connectivity index (χ0) is 12.8. The molecular formula is C9H9Cl2N3O3. The molecule has 0 spiro atoms. The van der Waals surface area contributed by atoms with Crippen molar-refractivity contribution in [1.82, 2.24) is 15.2 Å². The van der Waals surface area contributed by atoms with Crippen molar-refractivity contribution in [1.29, 1.82) is 0 Å². The third kappa shape index (κ3) is 4.88. The van der Waals surface area contributed by atoms with Crippen LogP contribution in [0, 0.1) is 0 Å². The Hall–Kier alpha value is -1.53. The Bertz CT molecular complexity index is 408. The van der Waals surface area contributed by atoms with E-state index in [1.54, 1.807) is 0 Å². The van der Waals surface area contributed by atoms with Crippen LogP contribution in [0.3, 0.4) is 0 Å². The number of hydrogen-bond acceptors (Lipinski definition) is 4. The minimum absolute atomic E-state index is 0.0366. The molecule has 0 atom stereocenters. The summed E-state index contributed by atoms with van der Waals surface area (Å²) in [5, 5.41) is 2.58. The van der Waals surface area contributed by atoms with Gasteiger partial charge < -0.3 is 15.0 Å². The lowest BCUT2D eigenvalue weighted by Gasteiger charge is -2.11. The Morgan fingerprint density at radius 1 is 1.53 bits per heavy atom. The zero-order valence-corrected chi connectivity index (χ0v) is 10.3. The van der Waals surface area contributed by atoms with Crippen LogP contribution in [0.15, 0.2) is 12.1 Å². The smallest absolute Gasteiger partial charge is 0.410 e. The van der Waals surface area contributed by atoms with Crippen LogP contribution in [-0.2, 0) is 4.79 Å². The largest absolute Gasteiger partial charge is 0.414 e. The molecule has 1 aromatic heterocycles. The molecular weight excluding hydrogens is 269 g/mol. The predicted molar refractivity (Wildman–Crippen MR) is 62.1 cm³/mol. The van der Waals surface area contributed by atoms with Crippen LogP contribution >= 0.6 is 23.2 Å². The second-order valence-corrected chi connectivity index (χ2v) is 3.81. The molecule has 8 heteroatoms. The van der Waals surface area contributed by atoms with Crippen molar-refractivity contribution in [2.24, 2.45) is 0 Å². The van der Waals surface area contributed by atoms with Gasteiger partial charge in [-0.05, 0) is 0 Å². The van der Waals surface area contributed by atoms with Crippen molar-refractivity contribution < 1.29 is 14.3 Å². The molecule has 0 fully saturated rings. The van der Waals surface area contributed by atoms with E-state index in [0.29, 0.717) is 6.41 Å². The number of carbonyl (C=O) groups is 2. The number of ether oxygens (including phenoxy) is 1. The van der Waals surface area contributed by atoms with Crippen molar-refractivity contribution >= 4 is 35.7 Å². The van der Waals surface area contributed by atoms with Gasteiger partial charge in [0.25, 0.3) is 0 Å². The van der Waals surface area contributed by atoms with Crippen LogP contribution in [0.25, 0.3) is 0 Å². The molecule has 0 unspecified atom stereocenters. The summed E-state index contributed by atoms with van der Waals surface area (Å²) in [7, 11) is 1.51. The summed E-state index contributed by atoms with van der Waals surface area (Å²) in [5.41, 5.74) is 0. The summed E-state index contributed by atoms with van der Waals surface area (Å²) in [4.78, 5) is 26.5. The second kappa shape index (κ2) is 6.27. The standard InChI is InChI=1S/C9H9Cl2N3O3/c1-14(5-15)4-12-9(16)17-6-2-7(10)13-8(11)3-6/h2-3,5H,4H2,1H3,(H,12,16). The lowest BCUT2D eigenvalue weighted by atomic mass is 10.4. The number of carbonyl (C=O) groups excluding carboxylic acids is 2. The zero-order valence-electron chi connectivity index (χ0n) is 8.81. The topological polar surface area (TPSA) is 71.5 Å². The molecule has 0 aliphatic heterocycles. The summed E-state index contributed by atoms with van der Waals surface area (Å²) < 4.78 is 4.87. The SMILES string of the molecule is CN(C=O)CNC(=O)Oc1cc(Cl)nc(Cl)c1. The molecule has 0 aliphatic rings. The fourth-order valence-corrected chi connectivity index (χ4v) is 1.31. The summed E-state index contributed by atoms with van der Waals surface area (Å²) in [6.45, 7) is 0.0366. The number of pyridine rings is 1. The molecule has 17 heavy (non-hydrogen) atoms. The Morgan fingerprint density at radius 3 is 2.65 bits per heavy atom. The number of halogens is 2. The normalized spacial score (nSPS) is 9.59. The van der Waals surface area contributed by atoms with E-state index in [0.717, 1.165) is 0 Å². The van der Waals surface area contributed by atoms with Gasteiger partial charge in [0, 0.05) is 19.2 Å². The quantitative estimate of drug-likeness (QED) is 0.515. The average Bonchev–Trinajstić information content (AvgIpc) is 2.24. The first-order valence-electron chi connectivity index (χ1n) is 4.45. The highest BCUT2D eigenvalue weighted by Crippen LogP contribution is 2.20. The van der Waals surface area contributed by atoms with E-state index in [1.807, 2.05) is 0 Å². The number of amides is 2. The van der Waals surface area contributed by atoms with Crippen LogP contribution in [0.4, 0.5) is 4.79 Å². The van der Waals surface area contributed by atoms with E-state index in [2.05, 4.69) is 10.3 Å². The molecule has 6 nitrogen and oxygen atoms in total. The van der Waals surface area contributed by atoms with Crippen molar-refractivity contribution in [3.8, 4) is 5.75 Å². The van der Waals surface area contributed by atoms with Crippen LogP contribution in [0.5, 0.6) is 5.75 Å². The van der Waals surface area contributed by atoms with E-state index < -0.39 is 6.09 Å². The van der Waals surface area contributed by atoms with Gasteiger partial charge in [0.2, 0.25) is 6.41 Å². The van der Waals surface area contributed by atoms with Crippen molar-refractivity contribution in [3.05, 3.63) is 22.4 Å². The highest BCUT2D eigenvalue weighted by Gasteiger charge is 2.07. The first-order chi connectivity index (χ1) is 8.01. The molecule has 1 heterocycles. The van der Waals surface area contributed by atoms with Crippen LogP contribution < -0.4 is 10.1 Å². The van der Waals surface area contributed by atoms with Gasteiger partial charge >= 0.3 is 6.09 Å². The van der Waals surface area contributed by atoms with E-state index >= 15 is 0 Å². The monoisotopic (exact) mass is 277 g/mol. The molecule has 92 valence electrons. The summed E-state index contributed by atoms with van der Waals surface area (Å²) in [6.07, 6.45) is -0.155. The lowest BCUT2D eigenvalue weighted by Crippen LogP contribution is -2.36. The number of rotatable bonds is 4. The van der Waals surface area contributed by atoms with Gasteiger partial charge in [-0.2, -0.15) is 0 Å². The van der Waals surface area contributed by atoms with Crippen LogP contribution in [-0.4, -0.2) is 36.1 Å². The Morgan fingerprint density at radius 2 is 2.12 bits per heavy atom. The molecule has 0 aliphatic carbocycles. The first-order valence-corrected chi connectivity index (χ1v) is 5.21. The molecule has 1 rings (SSSR count). The van der Waals surface area contributed by atoms with Crippen molar-refractivity contribution in [3.63, 3.8) is 0 Å². The second-order valence-electron chi connectivity index (χ2n) is 3.04. The molecule has 0 bridgehead atoms. The van der Waals surface area contributed by atoms with Gasteiger partial charge in [-0.25, -0.2) is 9.78 Å². The number of nitrogens with one attached hydrogen (secondary N) is 1. The average molecular weight is 278 g/mol. The summed E-state index contributed by atoms with van der Waals surface area (Å²) in [6, 6.07) is 2.69. The minimum atomic E-state index is -0.725. The fourth-order valence-electron chi connectivity index (χ4n) is 0.872. The van der Waals surface area contributed by atoms with Gasteiger partial charge in [0.05, 0.1) is 6.67 Å². The maximum Gasteiger partial charge on any atom is 0.414 e. The molecule has 0 saturated heterocycles. The van der Waals surface area contributed by atoms with E-state index in [-0.39, 0.29) is 22.7 Å². The third-order valence-electron chi connectivity index (χ3n) is 1.60. The highest BCUT2D eigenvalue weighted by atomic mass is 35.5. The van der Waals surface area contributed by atoms with E-state index in [1.165, 1.54) is 24.1 Å². The lowest BCUT2D eigenvalue weighted by molar-refractivity contribution is -0.117. The van der Waals surface area contributed by atoms with Gasteiger partial charge in [-0.1, -0.05) is 23.2 Å². The molecule has 0 radical (unpaired) electrons. The Labute approximate surface area is 107 Å². The maximum absolute atomic E-state index is 11.3. The Balaban J connectivity index is 2.53. The van der Waals surface area contributed by atoms with Gasteiger partial charge in [-0.15, -0.1) is 0 Å². The minimum Gasteiger partial charge on any atom is -0.410 e. The van der Waals surface area contributed by atoms with E-state index in [9.17, 15) is 9.59 Å². The maximum atomic E-state index is 11.3. The molecule has 0 saturated carbocycles. The van der Waals surface area contributed by atoms with Gasteiger partial charge in [0.1, 0.15) is 16.1 Å². The predicted octanol–water partition coefficient (Wildman–Crippen LogP) is 1.52. The van der Waals surface area contributed by atoms with Crippen molar-refractivity contribution in [2.45, 2.75) is 0 Å². The highest BCUT2D eigenvalue weighted by molar-refractivity contribution is 6.32. The van der Waals surface area contributed by atoms with E-state index in [4.69, 9.17) is 27.9 Å². The van der Waals surface area contributed by atoms with Gasteiger partial charge in [-0.3, -0.25) is 4.79 Å². The Kier molecular flexibility index (Phi) is 4.99. The molecule has 2 amide bonds. The third-order valence-corrected chi connectivity index (χ3v) is 1.99. The summed E-state index contributed by atoms with van der Waals surface area (Å²) >= 11 is 11.2.